The summed E-state index contributed by atoms with van der Waals surface area (Å²) in [6.45, 7) is 13.1. The van der Waals surface area contributed by atoms with E-state index in [1.807, 2.05) is 43.5 Å². The van der Waals surface area contributed by atoms with Gasteiger partial charge in [-0.3, -0.25) is 4.84 Å². The van der Waals surface area contributed by atoms with Crippen LogP contribution in [-0.4, -0.2) is 140 Å². The minimum atomic E-state index is -1.17. The average molecular weight is 802 g/mol. The number of nitrogens with zero attached hydrogens (tertiary/aromatic N) is 6. The molecule has 2 heterocycles. The first-order valence-corrected chi connectivity index (χ1v) is 19.9. The van der Waals surface area contributed by atoms with Crippen LogP contribution in [-0.2, 0) is 24.0 Å². The van der Waals surface area contributed by atoms with E-state index in [-0.39, 0.29) is 29.7 Å². The third kappa shape index (κ3) is 13.5. The molecule has 1 atom stereocenters. The molecule has 0 aromatic heterocycles. The number of carbonyl (C=O) groups excluding carboxylic acids is 3. The van der Waals surface area contributed by atoms with Gasteiger partial charge in [0, 0.05) is 64.5 Å². The monoisotopic (exact) mass is 801 g/mol. The molecule has 0 bridgehead atoms. The summed E-state index contributed by atoms with van der Waals surface area (Å²) in [5.41, 5.74) is 0.000727. The molecule has 2 aromatic carbocycles. The SMILES string of the molecule is COC(=O)/C=C/CN(C)CCCN1CCN(CCCON(C)C(=O)N2N=C(c3cc(F)ccc3F)S[C@@]2(CCCNC(=O)OC(C)(C)C)c2ccccc2)CC1. The van der Waals surface area contributed by atoms with Crippen LogP contribution in [0, 0.1) is 11.6 Å². The molecule has 2 aliphatic heterocycles. The molecule has 0 saturated carbocycles. The van der Waals surface area contributed by atoms with Gasteiger partial charge in [0.1, 0.15) is 27.2 Å². The van der Waals surface area contributed by atoms with Gasteiger partial charge in [-0.05, 0) is 90.4 Å². The van der Waals surface area contributed by atoms with Crippen LogP contribution in [0.15, 0.2) is 65.8 Å². The van der Waals surface area contributed by atoms with E-state index in [1.165, 1.54) is 25.2 Å². The van der Waals surface area contributed by atoms with Gasteiger partial charge in [0.15, 0.2) is 0 Å². The van der Waals surface area contributed by atoms with Crippen molar-refractivity contribution in [3.8, 4) is 0 Å². The Hall–Kier alpha value is -4.09. The maximum Gasteiger partial charge on any atom is 0.407 e. The fourth-order valence-electron chi connectivity index (χ4n) is 6.34. The zero-order valence-electron chi connectivity index (χ0n) is 33.5. The normalized spacial score (nSPS) is 18.0. The summed E-state index contributed by atoms with van der Waals surface area (Å²) in [5.74, 6) is -1.64. The van der Waals surface area contributed by atoms with Crippen LogP contribution in [0.1, 0.15) is 57.6 Å². The fourth-order valence-corrected chi connectivity index (χ4v) is 7.76. The second-order valence-electron chi connectivity index (χ2n) is 14.8. The van der Waals surface area contributed by atoms with E-state index >= 15 is 4.39 Å². The number of alkyl carbamates (subject to hydrolysis) is 1. The molecule has 0 aliphatic carbocycles. The van der Waals surface area contributed by atoms with Gasteiger partial charge in [-0.25, -0.2) is 28.2 Å². The van der Waals surface area contributed by atoms with Gasteiger partial charge >= 0.3 is 18.1 Å². The largest absolute Gasteiger partial charge is 0.466 e. The molecule has 1 N–H and O–H groups in total. The Morgan fingerprint density at radius 2 is 1.66 bits per heavy atom. The first kappa shape index (κ1) is 44.6. The van der Waals surface area contributed by atoms with Crippen molar-refractivity contribution in [1.82, 2.24) is 30.1 Å². The van der Waals surface area contributed by atoms with Gasteiger partial charge in [0.2, 0.25) is 0 Å². The summed E-state index contributed by atoms with van der Waals surface area (Å²) in [4.78, 5) is 49.6. The van der Waals surface area contributed by atoms with Crippen LogP contribution in [0.4, 0.5) is 18.4 Å². The molecule has 0 unspecified atom stereocenters. The number of thioether (sulfide) groups is 1. The van der Waals surface area contributed by atoms with Crippen molar-refractivity contribution < 1.29 is 37.5 Å². The number of piperazine rings is 1. The first-order chi connectivity index (χ1) is 26.7. The highest BCUT2D eigenvalue weighted by Gasteiger charge is 2.50. The highest BCUT2D eigenvalue weighted by molar-refractivity contribution is 8.15. The van der Waals surface area contributed by atoms with Crippen molar-refractivity contribution in [1.29, 1.82) is 0 Å². The maximum absolute atomic E-state index is 15.1. The maximum atomic E-state index is 15.1. The van der Waals surface area contributed by atoms with Crippen molar-refractivity contribution in [3.63, 3.8) is 0 Å². The van der Waals surface area contributed by atoms with E-state index < -0.39 is 34.2 Å². The predicted molar refractivity (Wildman–Crippen MR) is 214 cm³/mol. The number of hydrogen-bond donors (Lipinski definition) is 1. The Balaban J connectivity index is 1.34. The van der Waals surface area contributed by atoms with Crippen molar-refractivity contribution in [2.24, 2.45) is 5.10 Å². The number of urea groups is 1. The highest BCUT2D eigenvalue weighted by Crippen LogP contribution is 2.51. The Morgan fingerprint density at radius 3 is 2.32 bits per heavy atom. The Morgan fingerprint density at radius 1 is 0.982 bits per heavy atom. The number of hydroxylamine groups is 2. The smallest absolute Gasteiger partial charge is 0.407 e. The van der Waals surface area contributed by atoms with E-state index in [0.717, 1.165) is 92.8 Å². The van der Waals surface area contributed by atoms with Crippen molar-refractivity contribution >= 4 is 34.9 Å². The third-order valence-electron chi connectivity index (χ3n) is 9.25. The van der Waals surface area contributed by atoms with Gasteiger partial charge in [0.25, 0.3) is 0 Å². The summed E-state index contributed by atoms with van der Waals surface area (Å²) in [6, 6.07) is 11.8. The molecule has 2 aromatic rings. The average Bonchev–Trinajstić information content (AvgIpc) is 3.56. The lowest BCUT2D eigenvalue weighted by atomic mass is 10.0. The molecule has 13 nitrogen and oxygen atoms in total. The molecule has 16 heteroatoms. The topological polar surface area (TPSA) is 119 Å². The number of hydrazone groups is 1. The number of likely N-dealkylation sites (N-methyl/N-ethyl adjacent to an activating group) is 1. The lowest BCUT2D eigenvalue weighted by molar-refractivity contribution is -0.134. The van der Waals surface area contributed by atoms with Crippen molar-refractivity contribution in [2.45, 2.75) is 56.9 Å². The molecule has 1 saturated heterocycles. The van der Waals surface area contributed by atoms with E-state index in [2.05, 4.69) is 29.9 Å². The molecule has 4 rings (SSSR count). The molecule has 3 amide bonds. The standard InChI is InChI=1S/C40H57F2N7O6S/c1-39(2,3)55-37(51)43-20-11-19-40(31-14-8-7-9-15-31)49(44-36(56-40)33-30-32(41)17-18-34(33)42)38(52)46(5)54-29-13-24-48-27-25-47(26-28-48)23-12-22-45(4)21-10-16-35(50)53-6/h7-10,14-18,30H,11-13,19-29H2,1-6H3,(H,43,51)/b16-10+/t40-/m0/s1. The summed E-state index contributed by atoms with van der Waals surface area (Å²) in [7, 11) is 4.92. The molecule has 2 aliphatic rings. The molecular weight excluding hydrogens is 745 g/mol. The van der Waals surface area contributed by atoms with Crippen LogP contribution in [0.3, 0.4) is 0 Å². The Labute approximate surface area is 333 Å². The molecule has 0 radical (unpaired) electrons. The van der Waals surface area contributed by atoms with Crippen LogP contribution in [0.5, 0.6) is 0 Å². The van der Waals surface area contributed by atoms with Crippen LogP contribution < -0.4 is 5.32 Å². The van der Waals surface area contributed by atoms with Crippen LogP contribution in [0.2, 0.25) is 0 Å². The summed E-state index contributed by atoms with van der Waals surface area (Å²) >= 11 is 1.16. The minimum Gasteiger partial charge on any atom is -0.466 e. The number of hydrogen-bond acceptors (Lipinski definition) is 11. The Kier molecular flexibility index (Phi) is 17.1. The fraction of sp³-hybridized carbons (Fsp3) is 0.550. The highest BCUT2D eigenvalue weighted by atomic mass is 32.2. The number of rotatable bonds is 18. The minimum absolute atomic E-state index is 0.0571. The number of carbonyl (C=O) groups is 3. The first-order valence-electron chi connectivity index (χ1n) is 19.0. The summed E-state index contributed by atoms with van der Waals surface area (Å²) < 4.78 is 39.5. The van der Waals surface area contributed by atoms with Gasteiger partial charge < -0.3 is 29.5 Å². The number of esters is 1. The van der Waals surface area contributed by atoms with E-state index in [9.17, 15) is 18.8 Å². The molecule has 1 fully saturated rings. The molecule has 56 heavy (non-hydrogen) atoms. The number of benzene rings is 2. The van der Waals surface area contributed by atoms with Gasteiger partial charge in [0.05, 0.1) is 13.7 Å². The van der Waals surface area contributed by atoms with Gasteiger partial charge in [-0.1, -0.05) is 48.2 Å². The second-order valence-corrected chi connectivity index (χ2v) is 16.1. The lowest BCUT2D eigenvalue weighted by Gasteiger charge is -2.37. The van der Waals surface area contributed by atoms with Gasteiger partial charge in [-0.15, -0.1) is 0 Å². The van der Waals surface area contributed by atoms with E-state index in [4.69, 9.17) is 9.57 Å². The number of nitrogens with one attached hydrogen (secondary N) is 1. The van der Waals surface area contributed by atoms with Crippen LogP contribution >= 0.6 is 11.8 Å². The Bertz CT molecular complexity index is 1660. The molecule has 0 spiro atoms. The van der Waals surface area contributed by atoms with Crippen molar-refractivity contribution in [3.05, 3.63) is 83.4 Å². The lowest BCUT2D eigenvalue weighted by Crippen LogP contribution is -2.48. The quantitative estimate of drug-likeness (QED) is 0.0849. The van der Waals surface area contributed by atoms with Crippen LogP contribution in [0.25, 0.3) is 0 Å². The van der Waals surface area contributed by atoms with Gasteiger partial charge in [-0.2, -0.15) is 10.1 Å². The predicted octanol–water partition coefficient (Wildman–Crippen LogP) is 5.88. The van der Waals surface area contributed by atoms with Crippen molar-refractivity contribution in [2.75, 3.05) is 86.7 Å². The number of ether oxygens (including phenoxy) is 2. The van der Waals surface area contributed by atoms with E-state index in [0.29, 0.717) is 25.8 Å². The third-order valence-corrected chi connectivity index (χ3v) is 10.7. The number of methoxy groups -OCH3 is 1. The summed E-state index contributed by atoms with van der Waals surface area (Å²) in [5, 5.41) is 9.97. The zero-order chi connectivity index (χ0) is 40.7. The summed E-state index contributed by atoms with van der Waals surface area (Å²) in [6.07, 6.45) is 5.13. The number of halogens is 2. The molecule has 308 valence electrons. The van der Waals surface area contributed by atoms with E-state index in [1.54, 1.807) is 20.8 Å². The second kappa shape index (κ2) is 21.4. The molecular formula is C40H57F2N7O6S. The zero-order valence-corrected chi connectivity index (χ0v) is 34.3. The number of amides is 3.